The molecule has 0 aromatic carbocycles. The van der Waals surface area contributed by atoms with Crippen molar-refractivity contribution in [3.63, 3.8) is 0 Å². The number of amides is 2. The number of ether oxygens (including phenoxy) is 1. The first-order valence-electron chi connectivity index (χ1n) is 9.22. The minimum atomic E-state index is -4.81. The van der Waals surface area contributed by atoms with E-state index in [0.29, 0.717) is 0 Å². The van der Waals surface area contributed by atoms with Crippen molar-refractivity contribution in [3.05, 3.63) is 12.7 Å². The molecule has 2 amide bonds. The Kier molecular flexibility index (Phi) is 7.16. The molecule has 0 aliphatic carbocycles. The molecule has 176 valence electrons. The molecule has 0 radical (unpaired) electrons. The lowest BCUT2D eigenvalue weighted by atomic mass is 10.1. The maximum Gasteiger partial charge on any atom is 0.469 e. The molecule has 0 unspecified atom stereocenters. The lowest BCUT2D eigenvalue weighted by molar-refractivity contribution is -0.119. The molecule has 1 saturated heterocycles. The van der Waals surface area contributed by atoms with E-state index in [1.165, 1.54) is 10.9 Å². The number of primary amides is 1. The third kappa shape index (κ3) is 5.43. The van der Waals surface area contributed by atoms with E-state index in [0.717, 1.165) is 6.33 Å². The normalized spacial score (nSPS) is 24.5. The Balaban J connectivity index is 1.78. The number of nitrogens with zero attached hydrogens (tertiary/aromatic N) is 4. The van der Waals surface area contributed by atoms with Crippen molar-refractivity contribution in [2.75, 3.05) is 11.9 Å². The first-order chi connectivity index (χ1) is 15.0. The zero-order valence-electron chi connectivity index (χ0n) is 16.4. The highest BCUT2D eigenvalue weighted by Gasteiger charge is 2.45. The fourth-order valence-electron chi connectivity index (χ4n) is 3.04. The van der Waals surface area contributed by atoms with Crippen LogP contribution in [0.25, 0.3) is 11.2 Å². The monoisotopic (exact) mass is 475 g/mol. The summed E-state index contributed by atoms with van der Waals surface area (Å²) in [5.41, 5.74) is 11.0. The second-order valence-electron chi connectivity index (χ2n) is 6.98. The van der Waals surface area contributed by atoms with Gasteiger partial charge in [0.1, 0.15) is 24.6 Å². The quantitative estimate of drug-likeness (QED) is 0.180. The Bertz CT molecular complexity index is 1040. The van der Waals surface area contributed by atoms with Crippen LogP contribution in [-0.4, -0.2) is 82.3 Å². The van der Waals surface area contributed by atoms with Crippen LogP contribution in [0.3, 0.4) is 0 Å². The van der Waals surface area contributed by atoms with Gasteiger partial charge in [0.15, 0.2) is 23.2 Å². The molecular formula is C15H22N7O9P. The Morgan fingerprint density at radius 1 is 1.28 bits per heavy atom. The van der Waals surface area contributed by atoms with Crippen molar-refractivity contribution in [2.45, 2.75) is 43.4 Å². The number of nitrogens with two attached hydrogens (primary N) is 2. The second-order valence-corrected chi connectivity index (χ2v) is 8.22. The van der Waals surface area contributed by atoms with Crippen LogP contribution in [0, 0.1) is 0 Å². The lowest BCUT2D eigenvalue weighted by Gasteiger charge is -2.16. The summed E-state index contributed by atoms with van der Waals surface area (Å²) in [7, 11) is -4.81. The third-order valence-electron chi connectivity index (χ3n) is 4.66. The number of fused-ring (bicyclic) bond motifs is 1. The van der Waals surface area contributed by atoms with Crippen LogP contribution < -0.4 is 16.8 Å². The van der Waals surface area contributed by atoms with E-state index in [2.05, 4.69) is 24.8 Å². The molecule has 2 aromatic rings. The predicted molar refractivity (Wildman–Crippen MR) is 104 cm³/mol. The second kappa shape index (κ2) is 9.51. The average molecular weight is 475 g/mol. The summed E-state index contributed by atoms with van der Waals surface area (Å²) in [6.07, 6.45) is -3.22. The summed E-state index contributed by atoms with van der Waals surface area (Å²) >= 11 is 0. The number of phosphoric acid groups is 1. The van der Waals surface area contributed by atoms with Gasteiger partial charge in [-0.3, -0.25) is 18.7 Å². The van der Waals surface area contributed by atoms with Crippen LogP contribution in [0.15, 0.2) is 12.7 Å². The Morgan fingerprint density at radius 3 is 2.66 bits per heavy atom. The number of nitrogens with one attached hydrogen (secondary N) is 1. The van der Waals surface area contributed by atoms with E-state index in [1.807, 2.05) is 0 Å². The highest BCUT2D eigenvalue weighted by molar-refractivity contribution is 7.46. The van der Waals surface area contributed by atoms with Gasteiger partial charge < -0.3 is 41.5 Å². The number of phosphoric ester groups is 1. The van der Waals surface area contributed by atoms with Gasteiger partial charge >= 0.3 is 7.82 Å². The van der Waals surface area contributed by atoms with E-state index in [1.54, 1.807) is 0 Å². The summed E-state index contributed by atoms with van der Waals surface area (Å²) in [5.74, 6) is -1.23. The molecule has 5 atom stereocenters. The van der Waals surface area contributed by atoms with Gasteiger partial charge in [0.05, 0.1) is 19.0 Å². The van der Waals surface area contributed by atoms with Crippen molar-refractivity contribution in [1.29, 1.82) is 0 Å². The van der Waals surface area contributed by atoms with Gasteiger partial charge in [-0.15, -0.1) is 0 Å². The lowest BCUT2D eigenvalue weighted by Crippen LogP contribution is -2.36. The van der Waals surface area contributed by atoms with Gasteiger partial charge in [0.2, 0.25) is 11.8 Å². The molecule has 3 rings (SSSR count). The van der Waals surface area contributed by atoms with E-state index >= 15 is 0 Å². The van der Waals surface area contributed by atoms with E-state index in [4.69, 9.17) is 26.0 Å². The maximum atomic E-state index is 12.3. The van der Waals surface area contributed by atoms with Crippen LogP contribution in [0.5, 0.6) is 0 Å². The van der Waals surface area contributed by atoms with Crippen molar-refractivity contribution in [3.8, 4) is 0 Å². The molecule has 1 fully saturated rings. The van der Waals surface area contributed by atoms with Gasteiger partial charge in [0.25, 0.3) is 0 Å². The first kappa shape index (κ1) is 24.1. The number of anilines is 1. The molecule has 9 N–H and O–H groups in total. The van der Waals surface area contributed by atoms with E-state index < -0.39 is 56.8 Å². The number of hydrogen-bond donors (Lipinski definition) is 7. The number of rotatable bonds is 9. The fraction of sp³-hybridized carbons (Fsp3) is 0.533. The molecule has 2 aromatic heterocycles. The van der Waals surface area contributed by atoms with Crippen LogP contribution >= 0.6 is 7.82 Å². The Labute approximate surface area is 179 Å². The summed E-state index contributed by atoms with van der Waals surface area (Å²) in [4.78, 5) is 52.8. The average Bonchev–Trinajstić information content (AvgIpc) is 3.26. The number of hydrogen-bond acceptors (Lipinski definition) is 11. The smallest absolute Gasteiger partial charge is 0.387 e. The molecular weight excluding hydrogens is 453 g/mol. The van der Waals surface area contributed by atoms with Crippen molar-refractivity contribution in [1.82, 2.24) is 19.5 Å². The van der Waals surface area contributed by atoms with Gasteiger partial charge in [-0.05, 0) is 6.42 Å². The minimum Gasteiger partial charge on any atom is -0.387 e. The topological polar surface area (TPSA) is 258 Å². The summed E-state index contributed by atoms with van der Waals surface area (Å²) in [5, 5.41) is 23.0. The number of carbonyl (C=O) groups is 2. The molecule has 3 heterocycles. The van der Waals surface area contributed by atoms with Crippen molar-refractivity contribution < 1.29 is 43.4 Å². The van der Waals surface area contributed by atoms with Crippen LogP contribution in [0.2, 0.25) is 0 Å². The molecule has 0 saturated carbocycles. The van der Waals surface area contributed by atoms with Gasteiger partial charge in [-0.2, -0.15) is 0 Å². The largest absolute Gasteiger partial charge is 0.469 e. The SMILES string of the molecule is NC(=O)CC[C@H](N)C(=O)Nc1ncnc2c1ncn2[C@@H]1O[C@H](COP(=O)(O)O)[C@@H](O)[C@H]1O. The molecule has 0 spiro atoms. The summed E-state index contributed by atoms with van der Waals surface area (Å²) in [6, 6.07) is -1.03. The highest BCUT2D eigenvalue weighted by atomic mass is 31.2. The molecule has 17 heteroatoms. The zero-order chi connectivity index (χ0) is 23.6. The van der Waals surface area contributed by atoms with Gasteiger partial charge in [-0.1, -0.05) is 0 Å². The molecule has 32 heavy (non-hydrogen) atoms. The molecule has 0 bridgehead atoms. The number of aliphatic hydroxyl groups is 2. The van der Waals surface area contributed by atoms with Crippen LogP contribution in [-0.2, 0) is 23.4 Å². The maximum absolute atomic E-state index is 12.3. The van der Waals surface area contributed by atoms with E-state index in [-0.39, 0.29) is 29.8 Å². The number of aromatic nitrogens is 4. The van der Waals surface area contributed by atoms with Crippen LogP contribution in [0.1, 0.15) is 19.1 Å². The standard InChI is InChI=1S/C15H22N7O9P/c16-6(1-2-8(17)23)14(26)21-12-9-13(19-4-18-12)22(5-20-9)15-11(25)10(24)7(31-15)3-30-32(27,28)29/h4-7,10-11,15,24-25H,1-3,16H2,(H2,17,23)(H2,27,28,29)(H,18,19,21,26)/t6-,7+,10+,11+,15+/m0/s1. The summed E-state index contributed by atoms with van der Waals surface area (Å²) in [6.45, 7) is -0.675. The molecule has 16 nitrogen and oxygen atoms in total. The molecule has 1 aliphatic heterocycles. The fourth-order valence-corrected chi connectivity index (χ4v) is 3.38. The third-order valence-corrected chi connectivity index (χ3v) is 5.14. The highest BCUT2D eigenvalue weighted by Crippen LogP contribution is 2.38. The predicted octanol–water partition coefficient (Wildman–Crippen LogP) is -2.91. The number of aliphatic hydroxyl groups excluding tert-OH is 2. The number of carbonyl (C=O) groups excluding carboxylic acids is 2. The van der Waals surface area contributed by atoms with Gasteiger partial charge in [0, 0.05) is 6.42 Å². The first-order valence-corrected chi connectivity index (χ1v) is 10.7. The Morgan fingerprint density at radius 2 is 2.00 bits per heavy atom. The van der Waals surface area contributed by atoms with Crippen molar-refractivity contribution >= 4 is 36.6 Å². The Hall–Kier alpha value is -2.56. The number of imidazole rings is 1. The minimum absolute atomic E-state index is 0.00249. The zero-order valence-corrected chi connectivity index (χ0v) is 17.3. The van der Waals surface area contributed by atoms with Crippen molar-refractivity contribution in [2.24, 2.45) is 11.5 Å². The van der Waals surface area contributed by atoms with E-state index in [9.17, 15) is 24.4 Å². The summed E-state index contributed by atoms with van der Waals surface area (Å²) < 4.78 is 22.0. The van der Waals surface area contributed by atoms with Crippen LogP contribution in [0.4, 0.5) is 5.82 Å². The van der Waals surface area contributed by atoms with Gasteiger partial charge in [-0.25, -0.2) is 19.5 Å². The molecule has 1 aliphatic rings.